The number of rotatable bonds is 3. The van der Waals surface area contributed by atoms with Crippen molar-refractivity contribution in [3.63, 3.8) is 0 Å². The number of nitrogens with one attached hydrogen (secondary N) is 1. The summed E-state index contributed by atoms with van der Waals surface area (Å²) >= 11 is 0. The molecule has 0 aromatic carbocycles. The maximum Gasteiger partial charge on any atom is 0.254 e. The molecule has 0 fully saturated rings. The fourth-order valence-electron chi connectivity index (χ4n) is 2.17. The van der Waals surface area contributed by atoms with Gasteiger partial charge in [0.2, 0.25) is 0 Å². The molecule has 0 spiro atoms. The Bertz CT molecular complexity index is 444. The van der Waals surface area contributed by atoms with Crippen LogP contribution in [0.2, 0.25) is 0 Å². The van der Waals surface area contributed by atoms with Gasteiger partial charge in [0.05, 0.1) is 18.8 Å². The number of aromatic amines is 1. The van der Waals surface area contributed by atoms with E-state index < -0.39 is 0 Å². The molecule has 2 rings (SSSR count). The fraction of sp³-hybridized carbons (Fsp3) is 0.636. The van der Waals surface area contributed by atoms with E-state index in [-0.39, 0.29) is 18.7 Å². The predicted octanol–water partition coefficient (Wildman–Crippen LogP) is -1.38. The van der Waals surface area contributed by atoms with Gasteiger partial charge in [-0.05, 0) is 6.42 Å². The standard InChI is InChI=1S/C11H18N4O2/c12-7-10-13-9-2-4-15(5-6-16)3-1-8(9)11(17)14-10/h16H,1-7,12H2,(H,13,14,17). The maximum absolute atomic E-state index is 11.8. The van der Waals surface area contributed by atoms with Gasteiger partial charge in [0.25, 0.3) is 5.56 Å². The van der Waals surface area contributed by atoms with Crippen LogP contribution in [0.1, 0.15) is 17.1 Å². The van der Waals surface area contributed by atoms with E-state index in [4.69, 9.17) is 10.8 Å². The average molecular weight is 238 g/mol. The molecule has 0 atom stereocenters. The zero-order chi connectivity index (χ0) is 12.3. The highest BCUT2D eigenvalue weighted by atomic mass is 16.3. The largest absolute Gasteiger partial charge is 0.395 e. The number of hydrogen-bond acceptors (Lipinski definition) is 5. The molecule has 0 amide bonds. The molecule has 0 saturated carbocycles. The van der Waals surface area contributed by atoms with Crippen molar-refractivity contribution in [2.45, 2.75) is 19.4 Å². The molecule has 0 unspecified atom stereocenters. The third-order valence-corrected chi connectivity index (χ3v) is 3.10. The zero-order valence-corrected chi connectivity index (χ0v) is 9.78. The first-order chi connectivity index (χ1) is 8.24. The van der Waals surface area contributed by atoms with Gasteiger partial charge in [-0.1, -0.05) is 0 Å². The third kappa shape index (κ3) is 2.71. The number of aliphatic hydroxyl groups is 1. The van der Waals surface area contributed by atoms with Crippen LogP contribution >= 0.6 is 0 Å². The summed E-state index contributed by atoms with van der Waals surface area (Å²) in [6.07, 6.45) is 1.43. The molecule has 1 aliphatic heterocycles. The van der Waals surface area contributed by atoms with E-state index in [2.05, 4.69) is 14.9 Å². The van der Waals surface area contributed by atoms with Crippen molar-refractivity contribution < 1.29 is 5.11 Å². The van der Waals surface area contributed by atoms with Crippen molar-refractivity contribution in [2.24, 2.45) is 5.73 Å². The highest BCUT2D eigenvalue weighted by Crippen LogP contribution is 2.09. The number of β-amino-alcohol motifs (C(OH)–C–C–N with tert-alkyl or cyclic N) is 1. The van der Waals surface area contributed by atoms with E-state index in [0.29, 0.717) is 18.8 Å². The summed E-state index contributed by atoms with van der Waals surface area (Å²) in [7, 11) is 0. The van der Waals surface area contributed by atoms with Gasteiger partial charge in [-0.2, -0.15) is 0 Å². The van der Waals surface area contributed by atoms with E-state index in [9.17, 15) is 4.79 Å². The molecule has 0 bridgehead atoms. The predicted molar refractivity (Wildman–Crippen MR) is 63.7 cm³/mol. The fourth-order valence-corrected chi connectivity index (χ4v) is 2.17. The molecule has 6 heteroatoms. The van der Waals surface area contributed by atoms with Crippen LogP contribution in [0.4, 0.5) is 0 Å². The van der Waals surface area contributed by atoms with E-state index in [1.165, 1.54) is 0 Å². The maximum atomic E-state index is 11.8. The molecule has 4 N–H and O–H groups in total. The Kier molecular flexibility index (Phi) is 3.88. The van der Waals surface area contributed by atoms with Gasteiger partial charge in [-0.3, -0.25) is 4.79 Å². The SMILES string of the molecule is NCc1nc2c(c(=O)[nH]1)CCN(CCO)CC2. The number of H-pyrrole nitrogens is 1. The highest BCUT2D eigenvalue weighted by Gasteiger charge is 2.17. The first-order valence-electron chi connectivity index (χ1n) is 5.89. The van der Waals surface area contributed by atoms with Crippen LogP contribution in [-0.4, -0.2) is 46.2 Å². The number of nitrogens with zero attached hydrogens (tertiary/aromatic N) is 2. The first-order valence-corrected chi connectivity index (χ1v) is 5.89. The molecule has 6 nitrogen and oxygen atoms in total. The van der Waals surface area contributed by atoms with Crippen molar-refractivity contribution in [1.82, 2.24) is 14.9 Å². The average Bonchev–Trinajstić information content (AvgIpc) is 2.53. The lowest BCUT2D eigenvalue weighted by Gasteiger charge is -2.17. The summed E-state index contributed by atoms with van der Waals surface area (Å²) in [6, 6.07) is 0. The summed E-state index contributed by atoms with van der Waals surface area (Å²) in [5.74, 6) is 0.546. The Hall–Kier alpha value is -1.24. The van der Waals surface area contributed by atoms with Gasteiger partial charge in [-0.15, -0.1) is 0 Å². The second-order valence-corrected chi connectivity index (χ2v) is 4.21. The summed E-state index contributed by atoms with van der Waals surface area (Å²) in [5, 5.41) is 8.92. The van der Waals surface area contributed by atoms with Crippen LogP contribution < -0.4 is 11.3 Å². The molecule has 1 aromatic heterocycles. The van der Waals surface area contributed by atoms with Gasteiger partial charge in [0.1, 0.15) is 5.82 Å². The molecule has 0 saturated heterocycles. The van der Waals surface area contributed by atoms with Gasteiger partial charge in [0, 0.05) is 31.6 Å². The number of nitrogens with two attached hydrogens (primary N) is 1. The molecule has 94 valence electrons. The third-order valence-electron chi connectivity index (χ3n) is 3.10. The normalized spacial score (nSPS) is 16.6. The van der Waals surface area contributed by atoms with Crippen molar-refractivity contribution in [2.75, 3.05) is 26.2 Å². The lowest BCUT2D eigenvalue weighted by atomic mass is 10.1. The Morgan fingerprint density at radius 2 is 2.18 bits per heavy atom. The summed E-state index contributed by atoms with van der Waals surface area (Å²) in [5.41, 5.74) is 7.04. The van der Waals surface area contributed by atoms with E-state index >= 15 is 0 Å². The van der Waals surface area contributed by atoms with Crippen molar-refractivity contribution in [3.8, 4) is 0 Å². The van der Waals surface area contributed by atoms with Crippen LogP contribution in [0.3, 0.4) is 0 Å². The monoisotopic (exact) mass is 238 g/mol. The van der Waals surface area contributed by atoms with Crippen LogP contribution in [-0.2, 0) is 19.4 Å². The second-order valence-electron chi connectivity index (χ2n) is 4.21. The van der Waals surface area contributed by atoms with Crippen molar-refractivity contribution >= 4 is 0 Å². The van der Waals surface area contributed by atoms with Crippen LogP contribution in [0.5, 0.6) is 0 Å². The smallest absolute Gasteiger partial charge is 0.254 e. The molecule has 17 heavy (non-hydrogen) atoms. The van der Waals surface area contributed by atoms with Crippen LogP contribution in [0, 0.1) is 0 Å². The Morgan fingerprint density at radius 1 is 1.41 bits per heavy atom. The lowest BCUT2D eigenvalue weighted by molar-refractivity contribution is 0.201. The van der Waals surface area contributed by atoms with Gasteiger partial charge in [-0.25, -0.2) is 4.98 Å². The minimum absolute atomic E-state index is 0.0682. The second kappa shape index (κ2) is 5.39. The highest BCUT2D eigenvalue weighted by molar-refractivity contribution is 5.20. The molecular formula is C11H18N4O2. The first kappa shape index (κ1) is 12.2. The van der Waals surface area contributed by atoms with Gasteiger partial charge >= 0.3 is 0 Å². The van der Waals surface area contributed by atoms with Gasteiger partial charge in [0.15, 0.2) is 0 Å². The number of hydrogen-bond donors (Lipinski definition) is 3. The molecule has 2 heterocycles. The van der Waals surface area contributed by atoms with Crippen LogP contribution in [0.25, 0.3) is 0 Å². The number of aromatic nitrogens is 2. The molecule has 0 aliphatic carbocycles. The summed E-state index contributed by atoms with van der Waals surface area (Å²) in [6.45, 7) is 2.67. The van der Waals surface area contributed by atoms with Gasteiger partial charge < -0.3 is 20.7 Å². The molecule has 0 radical (unpaired) electrons. The quantitative estimate of drug-likeness (QED) is 0.603. The van der Waals surface area contributed by atoms with Crippen molar-refractivity contribution in [1.29, 1.82) is 0 Å². The van der Waals surface area contributed by atoms with E-state index in [1.54, 1.807) is 0 Å². The topological polar surface area (TPSA) is 95.2 Å². The summed E-state index contributed by atoms with van der Waals surface area (Å²) in [4.78, 5) is 21.1. The molecular weight excluding hydrogens is 220 g/mol. The Balaban J connectivity index is 2.24. The van der Waals surface area contributed by atoms with E-state index in [1.807, 2.05) is 0 Å². The Morgan fingerprint density at radius 3 is 2.88 bits per heavy atom. The lowest BCUT2D eigenvalue weighted by Crippen LogP contribution is -2.29. The Labute approximate surface area is 99.5 Å². The zero-order valence-electron chi connectivity index (χ0n) is 9.78. The molecule has 1 aliphatic rings. The number of fused-ring (bicyclic) bond motifs is 1. The minimum Gasteiger partial charge on any atom is -0.395 e. The minimum atomic E-state index is -0.0682. The number of aliphatic hydroxyl groups excluding tert-OH is 1. The van der Waals surface area contributed by atoms with Crippen LogP contribution in [0.15, 0.2) is 4.79 Å². The van der Waals surface area contributed by atoms with E-state index in [0.717, 1.165) is 30.8 Å². The van der Waals surface area contributed by atoms with Crippen molar-refractivity contribution in [3.05, 3.63) is 27.4 Å². The summed E-state index contributed by atoms with van der Waals surface area (Å²) < 4.78 is 0. The molecule has 1 aromatic rings.